The van der Waals surface area contributed by atoms with E-state index in [0.717, 1.165) is 10.1 Å². The number of nitriles is 1. The van der Waals surface area contributed by atoms with Crippen LogP contribution in [-0.2, 0) is 11.2 Å². The van der Waals surface area contributed by atoms with Crippen molar-refractivity contribution in [3.05, 3.63) is 93.5 Å². The Balaban J connectivity index is 2.02. The maximum absolute atomic E-state index is 13.1. The van der Waals surface area contributed by atoms with Gasteiger partial charge in [-0.25, -0.2) is 9.78 Å². The van der Waals surface area contributed by atoms with Crippen LogP contribution >= 0.6 is 0 Å². The summed E-state index contributed by atoms with van der Waals surface area (Å²) in [5.41, 5.74) is 1.33. The van der Waals surface area contributed by atoms with Gasteiger partial charge in [0.15, 0.2) is 5.65 Å². The van der Waals surface area contributed by atoms with Gasteiger partial charge in [-0.2, -0.15) is 9.78 Å². The topological polar surface area (TPSA) is 100 Å². The van der Waals surface area contributed by atoms with Gasteiger partial charge < -0.3 is 4.74 Å². The van der Waals surface area contributed by atoms with Gasteiger partial charge in [-0.3, -0.25) is 9.89 Å². The highest BCUT2D eigenvalue weighted by atomic mass is 16.5. The van der Waals surface area contributed by atoms with Gasteiger partial charge in [-0.1, -0.05) is 60.7 Å². The smallest absolute Gasteiger partial charge is 0.342 e. The van der Waals surface area contributed by atoms with Crippen molar-refractivity contribution in [3.8, 4) is 17.2 Å². The fourth-order valence-electron chi connectivity index (χ4n) is 3.42. The molecule has 7 nitrogen and oxygen atoms in total. The number of nitrogens with one attached hydrogen (secondary N) is 1. The van der Waals surface area contributed by atoms with E-state index < -0.39 is 11.5 Å². The molecule has 0 atom stereocenters. The SMILES string of the molecule is CCOC(=O)c1c(-c2ccccc2)c(C#N)c(=O)n2[nH]c(Cc3ccccc3)nc12. The molecule has 148 valence electrons. The molecule has 0 amide bonds. The monoisotopic (exact) mass is 398 g/mol. The van der Waals surface area contributed by atoms with E-state index in [1.807, 2.05) is 42.5 Å². The van der Waals surface area contributed by atoms with Crippen LogP contribution < -0.4 is 5.56 Å². The van der Waals surface area contributed by atoms with Crippen molar-refractivity contribution >= 4 is 11.6 Å². The number of carbonyl (C=O) groups excluding carboxylic acids is 1. The summed E-state index contributed by atoms with van der Waals surface area (Å²) in [6, 6.07) is 20.4. The number of carbonyl (C=O) groups is 1. The predicted molar refractivity (Wildman–Crippen MR) is 111 cm³/mol. The number of hydrogen-bond donors (Lipinski definition) is 1. The van der Waals surface area contributed by atoms with Crippen LogP contribution in [0.15, 0.2) is 65.5 Å². The summed E-state index contributed by atoms with van der Waals surface area (Å²) in [5, 5.41) is 12.7. The van der Waals surface area contributed by atoms with E-state index in [2.05, 4.69) is 10.1 Å². The van der Waals surface area contributed by atoms with Gasteiger partial charge in [0.1, 0.15) is 23.0 Å². The quantitative estimate of drug-likeness (QED) is 0.520. The first-order chi connectivity index (χ1) is 14.6. The van der Waals surface area contributed by atoms with E-state index in [4.69, 9.17) is 4.74 Å². The molecule has 0 unspecified atom stereocenters. The summed E-state index contributed by atoms with van der Waals surface area (Å²) >= 11 is 0. The molecule has 0 radical (unpaired) electrons. The third kappa shape index (κ3) is 3.35. The minimum Gasteiger partial charge on any atom is -0.462 e. The van der Waals surface area contributed by atoms with Gasteiger partial charge in [0.25, 0.3) is 5.56 Å². The lowest BCUT2D eigenvalue weighted by molar-refractivity contribution is 0.0528. The van der Waals surface area contributed by atoms with E-state index in [1.54, 1.807) is 31.2 Å². The first kappa shape index (κ1) is 19.2. The second kappa shape index (κ2) is 8.05. The molecule has 2 aromatic carbocycles. The van der Waals surface area contributed by atoms with Crippen LogP contribution in [0, 0.1) is 11.3 Å². The summed E-state index contributed by atoms with van der Waals surface area (Å²) < 4.78 is 6.40. The van der Waals surface area contributed by atoms with E-state index in [9.17, 15) is 14.9 Å². The lowest BCUT2D eigenvalue weighted by Gasteiger charge is -2.11. The van der Waals surface area contributed by atoms with Crippen LogP contribution in [0.3, 0.4) is 0 Å². The van der Waals surface area contributed by atoms with Gasteiger partial charge in [0.05, 0.1) is 6.61 Å². The highest BCUT2D eigenvalue weighted by Crippen LogP contribution is 2.29. The molecule has 0 spiro atoms. The molecule has 0 saturated carbocycles. The Kier molecular flexibility index (Phi) is 5.14. The molecule has 2 aromatic heterocycles. The Labute approximate surface area is 172 Å². The average Bonchev–Trinajstić information content (AvgIpc) is 3.18. The minimum atomic E-state index is -0.636. The molecule has 1 N–H and O–H groups in total. The highest BCUT2D eigenvalue weighted by molar-refractivity contribution is 6.04. The Hall–Kier alpha value is -4.18. The maximum Gasteiger partial charge on any atom is 0.342 e. The third-order valence-electron chi connectivity index (χ3n) is 4.70. The first-order valence-corrected chi connectivity index (χ1v) is 9.48. The zero-order chi connectivity index (χ0) is 21.1. The van der Waals surface area contributed by atoms with Crippen LogP contribution in [0.5, 0.6) is 0 Å². The van der Waals surface area contributed by atoms with Crippen molar-refractivity contribution in [2.24, 2.45) is 0 Å². The first-order valence-electron chi connectivity index (χ1n) is 9.48. The Bertz CT molecular complexity index is 1320. The summed E-state index contributed by atoms with van der Waals surface area (Å²) in [7, 11) is 0. The van der Waals surface area contributed by atoms with E-state index in [-0.39, 0.29) is 28.9 Å². The van der Waals surface area contributed by atoms with Gasteiger partial charge in [-0.05, 0) is 18.1 Å². The molecule has 30 heavy (non-hydrogen) atoms. The van der Waals surface area contributed by atoms with Crippen LogP contribution in [0.2, 0.25) is 0 Å². The molecule has 0 bridgehead atoms. The molecule has 7 heteroatoms. The highest BCUT2D eigenvalue weighted by Gasteiger charge is 2.27. The van der Waals surface area contributed by atoms with Crippen molar-refractivity contribution in [1.29, 1.82) is 5.26 Å². The standard InChI is InChI=1S/C23H18N4O3/c1-2-30-23(29)20-19(16-11-7-4-8-12-16)17(14-24)22(28)27-21(20)25-18(26-27)13-15-9-5-3-6-10-15/h3-12H,2,13H2,1H3,(H,25,26). The number of esters is 1. The molecular formula is C23H18N4O3. The normalized spacial score (nSPS) is 10.7. The molecule has 0 aliphatic rings. The number of aromatic nitrogens is 3. The molecule has 4 aromatic rings. The van der Waals surface area contributed by atoms with E-state index in [1.165, 1.54) is 0 Å². The van der Waals surface area contributed by atoms with E-state index >= 15 is 0 Å². The number of benzene rings is 2. The number of nitrogens with zero attached hydrogens (tertiary/aromatic N) is 3. The number of hydrogen-bond acceptors (Lipinski definition) is 5. The zero-order valence-corrected chi connectivity index (χ0v) is 16.3. The lowest BCUT2D eigenvalue weighted by atomic mass is 9.96. The fraction of sp³-hybridized carbons (Fsp3) is 0.130. The van der Waals surface area contributed by atoms with Crippen molar-refractivity contribution < 1.29 is 9.53 Å². The largest absolute Gasteiger partial charge is 0.462 e. The van der Waals surface area contributed by atoms with Crippen molar-refractivity contribution in [2.45, 2.75) is 13.3 Å². The van der Waals surface area contributed by atoms with Crippen LogP contribution in [0.25, 0.3) is 16.8 Å². The fourth-order valence-corrected chi connectivity index (χ4v) is 3.42. The second-order valence-electron chi connectivity index (χ2n) is 6.62. The Morgan fingerprint density at radius 3 is 2.43 bits per heavy atom. The predicted octanol–water partition coefficient (Wildman–Crippen LogP) is 3.33. The summed E-state index contributed by atoms with van der Waals surface area (Å²) in [6.45, 7) is 1.85. The third-order valence-corrected chi connectivity index (χ3v) is 4.70. The Morgan fingerprint density at radius 1 is 1.13 bits per heavy atom. The van der Waals surface area contributed by atoms with Gasteiger partial charge in [0.2, 0.25) is 0 Å². The number of ether oxygens (including phenoxy) is 1. The Morgan fingerprint density at radius 2 is 1.80 bits per heavy atom. The number of H-pyrrole nitrogens is 1. The molecule has 2 heterocycles. The van der Waals surface area contributed by atoms with Crippen molar-refractivity contribution in [3.63, 3.8) is 0 Å². The summed E-state index contributed by atoms with van der Waals surface area (Å²) in [6.07, 6.45) is 0.437. The number of pyridine rings is 1. The molecular weight excluding hydrogens is 380 g/mol. The van der Waals surface area contributed by atoms with Crippen LogP contribution in [0.1, 0.15) is 34.2 Å². The second-order valence-corrected chi connectivity index (χ2v) is 6.62. The molecule has 0 fully saturated rings. The van der Waals surface area contributed by atoms with Crippen molar-refractivity contribution in [2.75, 3.05) is 6.61 Å². The number of aromatic amines is 1. The van der Waals surface area contributed by atoms with Crippen LogP contribution in [0.4, 0.5) is 0 Å². The zero-order valence-electron chi connectivity index (χ0n) is 16.3. The summed E-state index contributed by atoms with van der Waals surface area (Å²) in [4.78, 5) is 30.5. The van der Waals surface area contributed by atoms with Gasteiger partial charge in [0, 0.05) is 12.0 Å². The molecule has 0 aliphatic heterocycles. The number of fused-ring (bicyclic) bond motifs is 1. The van der Waals surface area contributed by atoms with Gasteiger partial charge >= 0.3 is 5.97 Å². The summed E-state index contributed by atoms with van der Waals surface area (Å²) in [5.74, 6) is -0.138. The van der Waals surface area contributed by atoms with Crippen molar-refractivity contribution in [1.82, 2.24) is 14.6 Å². The maximum atomic E-state index is 13.1. The molecule has 0 aliphatic carbocycles. The molecule has 0 saturated heterocycles. The van der Waals surface area contributed by atoms with Crippen LogP contribution in [-0.4, -0.2) is 27.2 Å². The van der Waals surface area contributed by atoms with Gasteiger partial charge in [-0.15, -0.1) is 0 Å². The average molecular weight is 398 g/mol. The minimum absolute atomic E-state index is 0.0924. The molecule has 4 rings (SSSR count). The van der Waals surface area contributed by atoms with E-state index in [0.29, 0.717) is 17.8 Å². The lowest BCUT2D eigenvalue weighted by Crippen LogP contribution is -2.23. The number of rotatable bonds is 5.